The molecule has 20 heavy (non-hydrogen) atoms. The van der Waals surface area contributed by atoms with Gasteiger partial charge in [0.15, 0.2) is 0 Å². The normalized spacial score (nSPS) is 16.2. The van der Waals surface area contributed by atoms with Gasteiger partial charge >= 0.3 is 0 Å². The Morgan fingerprint density at radius 2 is 2.05 bits per heavy atom. The fourth-order valence-electron chi connectivity index (χ4n) is 2.30. The molecule has 0 saturated heterocycles. The van der Waals surface area contributed by atoms with Gasteiger partial charge in [0.05, 0.1) is 13.2 Å². The van der Waals surface area contributed by atoms with Gasteiger partial charge in [-0.05, 0) is 36.7 Å². The molecule has 0 amide bonds. The third-order valence-electron chi connectivity index (χ3n) is 3.69. The van der Waals surface area contributed by atoms with E-state index in [-0.39, 0.29) is 0 Å². The third-order valence-corrected chi connectivity index (χ3v) is 3.69. The standard InChI is InChI=1S/C17H27NO2/c1-19-10-9-18-12-17(14-20-13-16-7-8-16)11-15-5-3-2-4-6-15/h2-6,16-18H,7-14H2,1H3. The minimum Gasteiger partial charge on any atom is -0.383 e. The van der Waals surface area contributed by atoms with Crippen molar-refractivity contribution in [2.24, 2.45) is 11.8 Å². The molecule has 0 spiro atoms. The van der Waals surface area contributed by atoms with Gasteiger partial charge in [-0.1, -0.05) is 30.3 Å². The molecule has 1 N–H and O–H groups in total. The fourth-order valence-corrected chi connectivity index (χ4v) is 2.30. The zero-order valence-corrected chi connectivity index (χ0v) is 12.5. The monoisotopic (exact) mass is 277 g/mol. The maximum Gasteiger partial charge on any atom is 0.0587 e. The number of hydrogen-bond donors (Lipinski definition) is 1. The molecule has 1 unspecified atom stereocenters. The van der Waals surface area contributed by atoms with Gasteiger partial charge in [-0.2, -0.15) is 0 Å². The van der Waals surface area contributed by atoms with Crippen LogP contribution in [-0.2, 0) is 15.9 Å². The van der Waals surface area contributed by atoms with Gasteiger partial charge in [-0.15, -0.1) is 0 Å². The second-order valence-electron chi connectivity index (χ2n) is 5.73. The van der Waals surface area contributed by atoms with Crippen LogP contribution in [0.25, 0.3) is 0 Å². The van der Waals surface area contributed by atoms with Crippen molar-refractivity contribution < 1.29 is 9.47 Å². The van der Waals surface area contributed by atoms with Crippen LogP contribution in [0.5, 0.6) is 0 Å². The van der Waals surface area contributed by atoms with Gasteiger partial charge < -0.3 is 14.8 Å². The molecule has 0 heterocycles. The van der Waals surface area contributed by atoms with Crippen molar-refractivity contribution >= 4 is 0 Å². The highest BCUT2D eigenvalue weighted by Crippen LogP contribution is 2.29. The zero-order chi connectivity index (χ0) is 14.0. The Morgan fingerprint density at radius 3 is 2.75 bits per heavy atom. The number of benzene rings is 1. The summed E-state index contributed by atoms with van der Waals surface area (Å²) in [4.78, 5) is 0. The van der Waals surface area contributed by atoms with Gasteiger partial charge in [0.2, 0.25) is 0 Å². The Labute approximate surface area is 122 Å². The van der Waals surface area contributed by atoms with Crippen molar-refractivity contribution in [3.05, 3.63) is 35.9 Å². The van der Waals surface area contributed by atoms with Gasteiger partial charge in [0.25, 0.3) is 0 Å². The number of methoxy groups -OCH3 is 1. The van der Waals surface area contributed by atoms with Crippen LogP contribution in [0.1, 0.15) is 18.4 Å². The molecule has 112 valence electrons. The van der Waals surface area contributed by atoms with E-state index in [4.69, 9.17) is 9.47 Å². The molecule has 2 rings (SSSR count). The molecule has 1 aliphatic carbocycles. The summed E-state index contributed by atoms with van der Waals surface area (Å²) in [5, 5.41) is 3.46. The second-order valence-corrected chi connectivity index (χ2v) is 5.73. The highest BCUT2D eigenvalue weighted by Gasteiger charge is 2.21. The predicted octanol–water partition coefficient (Wildman–Crippen LogP) is 2.51. The first kappa shape index (κ1) is 15.5. The van der Waals surface area contributed by atoms with Crippen LogP contribution in [0.15, 0.2) is 30.3 Å². The third kappa shape index (κ3) is 6.51. The lowest BCUT2D eigenvalue weighted by atomic mass is 10.00. The SMILES string of the molecule is COCCNCC(COCC1CC1)Cc1ccccc1. The van der Waals surface area contributed by atoms with Crippen LogP contribution in [0.4, 0.5) is 0 Å². The van der Waals surface area contributed by atoms with Crippen molar-refractivity contribution in [2.45, 2.75) is 19.3 Å². The first-order valence-electron chi connectivity index (χ1n) is 7.70. The number of nitrogens with one attached hydrogen (secondary N) is 1. The summed E-state index contributed by atoms with van der Waals surface area (Å²) >= 11 is 0. The topological polar surface area (TPSA) is 30.5 Å². The van der Waals surface area contributed by atoms with E-state index >= 15 is 0 Å². The van der Waals surface area contributed by atoms with Crippen LogP contribution >= 0.6 is 0 Å². The summed E-state index contributed by atoms with van der Waals surface area (Å²) in [6.45, 7) is 4.46. The minimum atomic E-state index is 0.535. The van der Waals surface area contributed by atoms with Crippen molar-refractivity contribution in [2.75, 3.05) is 40.0 Å². The molecule has 0 bridgehead atoms. The predicted molar refractivity (Wildman–Crippen MR) is 81.9 cm³/mol. The van der Waals surface area contributed by atoms with E-state index in [2.05, 4.69) is 35.6 Å². The van der Waals surface area contributed by atoms with Crippen molar-refractivity contribution in [1.82, 2.24) is 5.32 Å². The lowest BCUT2D eigenvalue weighted by molar-refractivity contribution is 0.0898. The van der Waals surface area contributed by atoms with Gasteiger partial charge in [0.1, 0.15) is 0 Å². The molecule has 0 aliphatic heterocycles. The molecule has 3 nitrogen and oxygen atoms in total. The lowest BCUT2D eigenvalue weighted by Crippen LogP contribution is -2.30. The molecule has 0 aromatic heterocycles. The second kappa shape index (κ2) is 9.11. The molecule has 1 fully saturated rings. The average Bonchev–Trinajstić information content (AvgIpc) is 3.28. The van der Waals surface area contributed by atoms with E-state index in [1.165, 1.54) is 18.4 Å². The molecule has 3 heteroatoms. The molecule has 0 radical (unpaired) electrons. The first-order valence-corrected chi connectivity index (χ1v) is 7.70. The minimum absolute atomic E-state index is 0.535. The number of hydrogen-bond acceptors (Lipinski definition) is 3. The largest absolute Gasteiger partial charge is 0.383 e. The molecule has 1 atom stereocenters. The van der Waals surface area contributed by atoms with Gasteiger partial charge in [0, 0.05) is 26.8 Å². The highest BCUT2D eigenvalue weighted by molar-refractivity contribution is 5.15. The van der Waals surface area contributed by atoms with Crippen LogP contribution in [0.3, 0.4) is 0 Å². The maximum absolute atomic E-state index is 5.88. The molecular formula is C17H27NO2. The van der Waals surface area contributed by atoms with Crippen molar-refractivity contribution in [3.8, 4) is 0 Å². The van der Waals surface area contributed by atoms with Crippen LogP contribution < -0.4 is 5.32 Å². The Balaban J connectivity index is 1.72. The molecule has 1 aromatic carbocycles. The van der Waals surface area contributed by atoms with E-state index in [1.807, 2.05) is 0 Å². The van der Waals surface area contributed by atoms with Crippen molar-refractivity contribution in [3.63, 3.8) is 0 Å². The summed E-state index contributed by atoms with van der Waals surface area (Å²) in [6, 6.07) is 10.7. The maximum atomic E-state index is 5.88. The van der Waals surface area contributed by atoms with E-state index in [9.17, 15) is 0 Å². The first-order chi connectivity index (χ1) is 9.88. The summed E-state index contributed by atoms with van der Waals surface area (Å²) in [6.07, 6.45) is 3.79. The Morgan fingerprint density at radius 1 is 1.25 bits per heavy atom. The Hall–Kier alpha value is -0.900. The van der Waals surface area contributed by atoms with Crippen LogP contribution in [0, 0.1) is 11.8 Å². The van der Waals surface area contributed by atoms with Gasteiger partial charge in [-0.25, -0.2) is 0 Å². The zero-order valence-electron chi connectivity index (χ0n) is 12.5. The quantitative estimate of drug-likeness (QED) is 0.630. The van der Waals surface area contributed by atoms with Crippen LogP contribution in [0.2, 0.25) is 0 Å². The highest BCUT2D eigenvalue weighted by atomic mass is 16.5. The lowest BCUT2D eigenvalue weighted by Gasteiger charge is -2.18. The molecular weight excluding hydrogens is 250 g/mol. The van der Waals surface area contributed by atoms with E-state index in [1.54, 1.807) is 7.11 Å². The number of ether oxygens (including phenoxy) is 2. The Kier molecular flexibility index (Phi) is 7.06. The van der Waals surface area contributed by atoms with Gasteiger partial charge in [-0.3, -0.25) is 0 Å². The summed E-state index contributed by atoms with van der Waals surface area (Å²) < 4.78 is 10.9. The summed E-state index contributed by atoms with van der Waals surface area (Å²) in [5.41, 5.74) is 1.39. The van der Waals surface area contributed by atoms with Crippen LogP contribution in [-0.4, -0.2) is 40.0 Å². The van der Waals surface area contributed by atoms with E-state index in [0.717, 1.165) is 45.2 Å². The molecule has 1 aliphatic rings. The summed E-state index contributed by atoms with van der Waals surface area (Å²) in [5.74, 6) is 1.38. The fraction of sp³-hybridized carbons (Fsp3) is 0.647. The molecule has 1 aromatic rings. The van der Waals surface area contributed by atoms with E-state index < -0.39 is 0 Å². The average molecular weight is 277 g/mol. The van der Waals surface area contributed by atoms with E-state index in [0.29, 0.717) is 5.92 Å². The Bertz CT molecular complexity index is 351. The molecule has 1 saturated carbocycles. The van der Waals surface area contributed by atoms with Crippen molar-refractivity contribution in [1.29, 1.82) is 0 Å². The smallest absolute Gasteiger partial charge is 0.0587 e. The summed E-state index contributed by atoms with van der Waals surface area (Å²) in [7, 11) is 1.74. The number of rotatable bonds is 11.